The SMILES string of the molecule is CC(C)OCC(COC(C)C)(COC(C)C)NCCCS(=O)(=O)C(C)C. The van der Waals surface area contributed by atoms with Crippen molar-refractivity contribution in [2.75, 3.05) is 32.1 Å². The number of ether oxygens (including phenoxy) is 3. The first-order chi connectivity index (χ1) is 11.9. The minimum absolute atomic E-state index is 0.0931. The van der Waals surface area contributed by atoms with E-state index in [0.717, 1.165) is 0 Å². The molecular formula is C19H41NO5S. The Morgan fingerprint density at radius 1 is 0.769 bits per heavy atom. The first-order valence-corrected chi connectivity index (χ1v) is 11.4. The van der Waals surface area contributed by atoms with Gasteiger partial charge < -0.3 is 19.5 Å². The van der Waals surface area contributed by atoms with Crippen LogP contribution in [-0.2, 0) is 24.0 Å². The fourth-order valence-corrected chi connectivity index (χ4v) is 3.14. The molecule has 0 aromatic carbocycles. The number of sulfone groups is 1. The molecule has 0 spiro atoms. The molecule has 0 amide bonds. The molecule has 0 atom stereocenters. The summed E-state index contributed by atoms with van der Waals surface area (Å²) in [5.41, 5.74) is -0.500. The van der Waals surface area contributed by atoms with E-state index < -0.39 is 15.4 Å². The molecule has 0 fully saturated rings. The average Bonchev–Trinajstić information content (AvgIpc) is 2.52. The van der Waals surface area contributed by atoms with E-state index in [1.807, 2.05) is 41.5 Å². The van der Waals surface area contributed by atoms with Gasteiger partial charge in [-0.15, -0.1) is 0 Å². The molecule has 0 saturated heterocycles. The number of nitrogens with one attached hydrogen (secondary N) is 1. The van der Waals surface area contributed by atoms with E-state index in [2.05, 4.69) is 5.32 Å². The lowest BCUT2D eigenvalue weighted by molar-refractivity contribution is -0.0735. The van der Waals surface area contributed by atoms with Crippen LogP contribution in [0.25, 0.3) is 0 Å². The third-order valence-corrected chi connectivity index (χ3v) is 6.20. The minimum atomic E-state index is -3.03. The van der Waals surface area contributed by atoms with Gasteiger partial charge in [0.1, 0.15) is 0 Å². The van der Waals surface area contributed by atoms with E-state index >= 15 is 0 Å². The third-order valence-electron chi connectivity index (χ3n) is 3.90. The van der Waals surface area contributed by atoms with E-state index in [9.17, 15) is 8.42 Å². The van der Waals surface area contributed by atoms with E-state index in [1.165, 1.54) is 0 Å². The fraction of sp³-hybridized carbons (Fsp3) is 1.00. The predicted octanol–water partition coefficient (Wildman–Crippen LogP) is 2.80. The maximum absolute atomic E-state index is 12.0. The molecule has 0 aromatic heterocycles. The Morgan fingerprint density at radius 2 is 1.15 bits per heavy atom. The molecule has 0 radical (unpaired) electrons. The van der Waals surface area contributed by atoms with Crippen molar-refractivity contribution in [3.05, 3.63) is 0 Å². The summed E-state index contributed by atoms with van der Waals surface area (Å²) >= 11 is 0. The molecule has 0 saturated carbocycles. The van der Waals surface area contributed by atoms with Gasteiger partial charge in [-0.25, -0.2) is 8.42 Å². The van der Waals surface area contributed by atoms with Gasteiger partial charge in [0, 0.05) is 0 Å². The third kappa shape index (κ3) is 11.5. The van der Waals surface area contributed by atoms with Crippen LogP contribution in [-0.4, -0.2) is 69.6 Å². The van der Waals surface area contributed by atoms with Crippen molar-refractivity contribution in [2.24, 2.45) is 0 Å². The summed E-state index contributed by atoms with van der Waals surface area (Å²) < 4.78 is 41.6. The summed E-state index contributed by atoms with van der Waals surface area (Å²) in [7, 11) is -3.03. The first kappa shape index (κ1) is 25.8. The highest BCUT2D eigenvalue weighted by Crippen LogP contribution is 2.13. The number of rotatable bonds is 15. The zero-order valence-corrected chi connectivity index (χ0v) is 18.8. The van der Waals surface area contributed by atoms with Gasteiger partial charge in [-0.05, 0) is 68.4 Å². The highest BCUT2D eigenvalue weighted by molar-refractivity contribution is 7.91. The molecule has 0 aliphatic rings. The van der Waals surface area contributed by atoms with Gasteiger partial charge in [0.25, 0.3) is 0 Å². The van der Waals surface area contributed by atoms with Crippen LogP contribution in [0.3, 0.4) is 0 Å². The lowest BCUT2D eigenvalue weighted by Crippen LogP contribution is -2.57. The maximum atomic E-state index is 12.0. The fourth-order valence-electron chi connectivity index (χ4n) is 2.12. The molecule has 0 heterocycles. The molecule has 0 aromatic rings. The van der Waals surface area contributed by atoms with Crippen LogP contribution in [0.5, 0.6) is 0 Å². The molecule has 0 unspecified atom stereocenters. The second-order valence-electron chi connectivity index (χ2n) is 8.06. The van der Waals surface area contributed by atoms with Crippen molar-refractivity contribution < 1.29 is 22.6 Å². The zero-order valence-electron chi connectivity index (χ0n) is 18.0. The van der Waals surface area contributed by atoms with E-state index in [-0.39, 0.29) is 29.3 Å². The Labute approximate surface area is 161 Å². The number of hydrogen-bond donors (Lipinski definition) is 1. The second-order valence-corrected chi connectivity index (χ2v) is 10.7. The van der Waals surface area contributed by atoms with E-state index in [0.29, 0.717) is 32.8 Å². The van der Waals surface area contributed by atoms with Crippen LogP contribution in [0.15, 0.2) is 0 Å². The van der Waals surface area contributed by atoms with Crippen molar-refractivity contribution in [3.63, 3.8) is 0 Å². The Kier molecular flexibility index (Phi) is 12.2. The summed E-state index contributed by atoms with van der Waals surface area (Å²) in [5.74, 6) is 0.175. The normalized spacial score (nSPS) is 13.5. The van der Waals surface area contributed by atoms with Crippen molar-refractivity contribution >= 4 is 9.84 Å². The number of hydrogen-bond acceptors (Lipinski definition) is 6. The summed E-state index contributed by atoms with van der Waals surface area (Å²) in [6, 6.07) is 0. The smallest absolute Gasteiger partial charge is 0.152 e. The summed E-state index contributed by atoms with van der Waals surface area (Å²) in [6.45, 7) is 17.3. The molecule has 0 bridgehead atoms. The van der Waals surface area contributed by atoms with Crippen molar-refractivity contribution in [2.45, 2.75) is 90.9 Å². The molecule has 1 N–H and O–H groups in total. The Morgan fingerprint density at radius 3 is 1.46 bits per heavy atom. The Balaban J connectivity index is 4.98. The topological polar surface area (TPSA) is 73.9 Å². The monoisotopic (exact) mass is 395 g/mol. The standard InChI is InChI=1S/C19H41NO5S/c1-15(2)23-12-19(13-24-16(3)4,14-25-17(5)6)20-10-9-11-26(21,22)18(7)8/h15-18,20H,9-14H2,1-8H3. The van der Waals surface area contributed by atoms with Crippen LogP contribution in [0.4, 0.5) is 0 Å². The van der Waals surface area contributed by atoms with Crippen LogP contribution in [0.2, 0.25) is 0 Å². The van der Waals surface area contributed by atoms with Crippen LogP contribution >= 0.6 is 0 Å². The van der Waals surface area contributed by atoms with Gasteiger partial charge in [0.15, 0.2) is 9.84 Å². The molecule has 0 rings (SSSR count). The summed E-state index contributed by atoms with van der Waals surface area (Å²) in [4.78, 5) is 0. The quantitative estimate of drug-likeness (QED) is 0.430. The van der Waals surface area contributed by atoms with Crippen LogP contribution < -0.4 is 5.32 Å². The van der Waals surface area contributed by atoms with Gasteiger partial charge in [-0.2, -0.15) is 0 Å². The minimum Gasteiger partial charge on any atom is -0.377 e. The second kappa shape index (κ2) is 12.3. The first-order valence-electron chi connectivity index (χ1n) is 9.71. The van der Waals surface area contributed by atoms with Crippen LogP contribution in [0, 0.1) is 0 Å². The lowest BCUT2D eigenvalue weighted by atomic mass is 10.0. The maximum Gasteiger partial charge on any atom is 0.152 e. The van der Waals surface area contributed by atoms with Gasteiger partial charge in [0.05, 0.1) is 54.7 Å². The Hall–Kier alpha value is -0.210. The van der Waals surface area contributed by atoms with Gasteiger partial charge in [-0.1, -0.05) is 0 Å². The Bertz CT molecular complexity index is 429. The van der Waals surface area contributed by atoms with Gasteiger partial charge in [-0.3, -0.25) is 0 Å². The molecule has 26 heavy (non-hydrogen) atoms. The predicted molar refractivity (Wildman–Crippen MR) is 108 cm³/mol. The van der Waals surface area contributed by atoms with E-state index in [1.54, 1.807) is 13.8 Å². The van der Waals surface area contributed by atoms with Gasteiger partial charge in [0.2, 0.25) is 0 Å². The largest absolute Gasteiger partial charge is 0.377 e. The molecule has 158 valence electrons. The van der Waals surface area contributed by atoms with Gasteiger partial charge >= 0.3 is 0 Å². The van der Waals surface area contributed by atoms with Crippen molar-refractivity contribution in [3.8, 4) is 0 Å². The highest BCUT2D eigenvalue weighted by Gasteiger charge is 2.32. The molecule has 6 nitrogen and oxygen atoms in total. The average molecular weight is 396 g/mol. The zero-order chi connectivity index (χ0) is 20.4. The summed E-state index contributed by atoms with van der Waals surface area (Å²) in [6.07, 6.45) is 0.828. The van der Waals surface area contributed by atoms with Crippen molar-refractivity contribution in [1.29, 1.82) is 0 Å². The highest BCUT2D eigenvalue weighted by atomic mass is 32.2. The lowest BCUT2D eigenvalue weighted by Gasteiger charge is -2.36. The van der Waals surface area contributed by atoms with Crippen LogP contribution in [0.1, 0.15) is 61.8 Å². The molecular weight excluding hydrogens is 354 g/mol. The molecule has 0 aliphatic carbocycles. The summed E-state index contributed by atoms with van der Waals surface area (Å²) in [5, 5.41) is 3.13. The molecule has 0 aliphatic heterocycles. The van der Waals surface area contributed by atoms with Crippen molar-refractivity contribution in [1.82, 2.24) is 5.32 Å². The van der Waals surface area contributed by atoms with E-state index in [4.69, 9.17) is 14.2 Å². The molecule has 7 heteroatoms.